The van der Waals surface area contributed by atoms with E-state index >= 15 is 0 Å². The van der Waals surface area contributed by atoms with Gasteiger partial charge < -0.3 is 9.47 Å². The molecule has 0 saturated heterocycles. The molecule has 234 valence electrons. The number of carbonyl (C=O) groups is 2. The molecule has 0 bridgehead atoms. The van der Waals surface area contributed by atoms with Crippen LogP contribution >= 0.6 is 0 Å². The Morgan fingerprint density at radius 1 is 0.690 bits per heavy atom. The van der Waals surface area contributed by atoms with Gasteiger partial charge in [-0.25, -0.2) is 0 Å². The minimum absolute atomic E-state index is 0.118. The van der Waals surface area contributed by atoms with Gasteiger partial charge in [-0.15, -0.1) is 0 Å². The van der Waals surface area contributed by atoms with Crippen molar-refractivity contribution in [3.05, 3.63) is 69.9 Å². The van der Waals surface area contributed by atoms with Gasteiger partial charge in [0.1, 0.15) is 0 Å². The fraction of sp³-hybridized carbons (Fsp3) is 0.632. The Balaban J connectivity index is 2.14. The molecule has 4 unspecified atom stereocenters. The van der Waals surface area contributed by atoms with Crippen LogP contribution in [0.2, 0.25) is 0 Å². The maximum atomic E-state index is 12.8. The average molecular weight is 579 g/mol. The number of fused-ring (bicyclic) bond motifs is 1. The Morgan fingerprint density at radius 2 is 1.17 bits per heavy atom. The highest BCUT2D eigenvalue weighted by atomic mass is 16.5. The third-order valence-electron chi connectivity index (χ3n) is 9.06. The topological polar surface area (TPSA) is 52.6 Å². The molecule has 0 amide bonds. The predicted molar refractivity (Wildman–Crippen MR) is 176 cm³/mol. The highest BCUT2D eigenvalue weighted by Crippen LogP contribution is 2.57. The van der Waals surface area contributed by atoms with Crippen LogP contribution in [-0.2, 0) is 19.1 Å². The summed E-state index contributed by atoms with van der Waals surface area (Å²) in [7, 11) is 2.85. The van der Waals surface area contributed by atoms with Crippen molar-refractivity contribution < 1.29 is 19.1 Å². The normalized spacial score (nSPS) is 24.2. The molecule has 0 aromatic heterocycles. The Hall–Kier alpha value is -2.62. The first-order valence-corrected chi connectivity index (χ1v) is 16.1. The molecular formula is C38H58O4. The smallest absolute Gasteiger partial charge is 0.309 e. The number of methoxy groups -OCH3 is 2. The molecule has 2 aliphatic carbocycles. The van der Waals surface area contributed by atoms with E-state index in [9.17, 15) is 9.59 Å². The molecule has 0 aromatic carbocycles. The molecule has 2 aliphatic rings. The van der Waals surface area contributed by atoms with Crippen molar-refractivity contribution in [3.63, 3.8) is 0 Å². The number of rotatable bonds is 16. The van der Waals surface area contributed by atoms with Crippen molar-refractivity contribution in [1.29, 1.82) is 0 Å². The Kier molecular flexibility index (Phi) is 15.4. The molecule has 0 heterocycles. The summed E-state index contributed by atoms with van der Waals surface area (Å²) in [6.45, 7) is 15.3. The van der Waals surface area contributed by atoms with Gasteiger partial charge >= 0.3 is 11.9 Å². The molecule has 0 aromatic rings. The van der Waals surface area contributed by atoms with Crippen molar-refractivity contribution in [2.24, 2.45) is 29.6 Å². The van der Waals surface area contributed by atoms with E-state index in [1.54, 1.807) is 0 Å². The number of ether oxygens (including phenoxy) is 2. The molecule has 0 N–H and O–H groups in total. The van der Waals surface area contributed by atoms with Gasteiger partial charge in [-0.2, -0.15) is 0 Å². The van der Waals surface area contributed by atoms with Crippen molar-refractivity contribution in [3.8, 4) is 0 Å². The summed E-state index contributed by atoms with van der Waals surface area (Å²) >= 11 is 0. The van der Waals surface area contributed by atoms with E-state index in [1.165, 1.54) is 47.7 Å². The molecule has 0 spiro atoms. The minimum Gasteiger partial charge on any atom is -0.469 e. The number of allylic oxidation sites excluding steroid dienone is 12. The first-order valence-electron chi connectivity index (χ1n) is 16.1. The van der Waals surface area contributed by atoms with Crippen LogP contribution in [0.1, 0.15) is 113 Å². The van der Waals surface area contributed by atoms with E-state index in [0.717, 1.165) is 64.2 Å². The molecule has 0 radical (unpaired) electrons. The van der Waals surface area contributed by atoms with Crippen LogP contribution in [0.4, 0.5) is 0 Å². The molecular weight excluding hydrogens is 520 g/mol. The van der Waals surface area contributed by atoms with Crippen molar-refractivity contribution in [2.45, 2.75) is 113 Å². The van der Waals surface area contributed by atoms with Crippen LogP contribution < -0.4 is 0 Å². The lowest BCUT2D eigenvalue weighted by molar-refractivity contribution is -0.182. The van der Waals surface area contributed by atoms with Gasteiger partial charge in [0, 0.05) is 0 Å². The molecule has 5 atom stereocenters. The fourth-order valence-electron chi connectivity index (χ4n) is 6.68. The molecule has 4 heteroatoms. The summed E-state index contributed by atoms with van der Waals surface area (Å²) in [5.41, 5.74) is 8.42. The molecule has 4 nitrogen and oxygen atoms in total. The summed E-state index contributed by atoms with van der Waals surface area (Å²) in [5, 5.41) is 0. The van der Waals surface area contributed by atoms with Crippen LogP contribution in [0, 0.1) is 29.6 Å². The van der Waals surface area contributed by atoms with E-state index in [0.29, 0.717) is 0 Å². The first-order chi connectivity index (χ1) is 20.0. The SMILES string of the molecule is COC(=O)C1C2CC(CC/C=C(\C)CCC=C(C)C)=CC(C/C=C(\C)CC/C=C(\C)CCC=C(C)C)[C@@H]2C1C(=O)OC. The quantitative estimate of drug-likeness (QED) is 0.135. The zero-order valence-corrected chi connectivity index (χ0v) is 28.1. The van der Waals surface area contributed by atoms with E-state index in [2.05, 4.69) is 84.9 Å². The summed E-state index contributed by atoms with van der Waals surface area (Å²) in [6, 6.07) is 0. The third kappa shape index (κ3) is 11.2. The van der Waals surface area contributed by atoms with E-state index < -0.39 is 11.8 Å². The largest absolute Gasteiger partial charge is 0.469 e. The highest BCUT2D eigenvalue weighted by molar-refractivity contribution is 5.85. The Morgan fingerprint density at radius 3 is 1.69 bits per heavy atom. The summed E-state index contributed by atoms with van der Waals surface area (Å²) in [6.07, 6.45) is 24.4. The third-order valence-corrected chi connectivity index (χ3v) is 9.06. The lowest BCUT2D eigenvalue weighted by Gasteiger charge is -2.54. The molecule has 1 saturated carbocycles. The van der Waals surface area contributed by atoms with Crippen LogP contribution in [0.5, 0.6) is 0 Å². The van der Waals surface area contributed by atoms with E-state index in [4.69, 9.17) is 9.47 Å². The lowest BCUT2D eigenvalue weighted by atomic mass is 9.48. The fourth-order valence-corrected chi connectivity index (χ4v) is 6.68. The van der Waals surface area contributed by atoms with Gasteiger partial charge in [-0.3, -0.25) is 9.59 Å². The zero-order chi connectivity index (χ0) is 31.2. The summed E-state index contributed by atoms with van der Waals surface area (Å²) in [4.78, 5) is 25.6. The second kappa shape index (κ2) is 18.1. The molecule has 2 rings (SSSR count). The highest BCUT2D eigenvalue weighted by Gasteiger charge is 2.61. The van der Waals surface area contributed by atoms with Gasteiger partial charge in [-0.05, 0) is 130 Å². The van der Waals surface area contributed by atoms with E-state index in [1.807, 2.05) is 0 Å². The Labute approximate surface area is 257 Å². The summed E-state index contributed by atoms with van der Waals surface area (Å²) in [5.74, 6) is -0.917. The average Bonchev–Trinajstić information content (AvgIpc) is 2.92. The first kappa shape index (κ1) is 35.6. The molecule has 42 heavy (non-hydrogen) atoms. The minimum atomic E-state index is -0.424. The number of carbonyl (C=O) groups excluding carboxylic acids is 2. The monoisotopic (exact) mass is 578 g/mol. The lowest BCUT2D eigenvalue weighted by Crippen LogP contribution is -2.58. The van der Waals surface area contributed by atoms with Gasteiger partial charge in [0.05, 0.1) is 26.1 Å². The van der Waals surface area contributed by atoms with Gasteiger partial charge in [0.15, 0.2) is 0 Å². The number of hydrogen-bond donors (Lipinski definition) is 0. The maximum absolute atomic E-state index is 12.8. The van der Waals surface area contributed by atoms with Crippen LogP contribution in [0.25, 0.3) is 0 Å². The van der Waals surface area contributed by atoms with Crippen LogP contribution in [0.15, 0.2) is 69.9 Å². The van der Waals surface area contributed by atoms with Gasteiger partial charge in [-0.1, -0.05) is 69.9 Å². The van der Waals surface area contributed by atoms with Crippen LogP contribution in [0.3, 0.4) is 0 Å². The predicted octanol–water partition coefficient (Wildman–Crippen LogP) is 10.0. The Bertz CT molecular complexity index is 1090. The summed E-state index contributed by atoms with van der Waals surface area (Å²) < 4.78 is 10.3. The van der Waals surface area contributed by atoms with Crippen molar-refractivity contribution in [2.75, 3.05) is 14.2 Å². The van der Waals surface area contributed by atoms with Crippen molar-refractivity contribution >= 4 is 11.9 Å². The number of esters is 2. The van der Waals surface area contributed by atoms with E-state index in [-0.39, 0.29) is 29.7 Å². The second-order valence-electron chi connectivity index (χ2n) is 13.1. The number of hydrogen-bond acceptors (Lipinski definition) is 4. The van der Waals surface area contributed by atoms with Gasteiger partial charge in [0.25, 0.3) is 0 Å². The second-order valence-corrected chi connectivity index (χ2v) is 13.1. The molecule has 0 aliphatic heterocycles. The molecule has 1 fully saturated rings. The van der Waals surface area contributed by atoms with Crippen LogP contribution in [-0.4, -0.2) is 26.2 Å². The zero-order valence-electron chi connectivity index (χ0n) is 28.1. The maximum Gasteiger partial charge on any atom is 0.309 e. The standard InChI is InChI=1S/C38H58O4/c1-26(2)14-10-16-28(5)18-12-19-30(7)22-23-32-24-31(21-13-20-29(6)17-11-15-27(3)4)25-33-34(32)36(38(40)42-9)35(33)37(39)41-8/h14-15,18,20,22,24,32-36H,10-13,16-17,19,21,23,25H2,1-9H3/b28-18+,29-20+,30-22+/t32?,33?,34-,35?,36?/m0/s1. The van der Waals surface area contributed by atoms with Gasteiger partial charge in [0.2, 0.25) is 0 Å². The van der Waals surface area contributed by atoms with Crippen molar-refractivity contribution in [1.82, 2.24) is 0 Å².